The number of nitrogens with one attached hydrogen (secondary N) is 1. The van der Waals surface area contributed by atoms with Crippen LogP contribution >= 0.6 is 28.1 Å². The van der Waals surface area contributed by atoms with E-state index >= 15 is 0 Å². The predicted octanol–water partition coefficient (Wildman–Crippen LogP) is 4.18. The Morgan fingerprint density at radius 2 is 2.00 bits per heavy atom. The van der Waals surface area contributed by atoms with Crippen LogP contribution in [0.1, 0.15) is 11.4 Å². The zero-order valence-electron chi connectivity index (χ0n) is 14.7. The Bertz CT molecular complexity index is 1000. The van der Waals surface area contributed by atoms with E-state index in [0.717, 1.165) is 15.8 Å². The molecule has 0 bridgehead atoms. The molecule has 7 nitrogen and oxygen atoms in total. The second-order valence-electron chi connectivity index (χ2n) is 5.34. The van der Waals surface area contributed by atoms with Gasteiger partial charge in [-0.15, -0.1) is 0 Å². The van der Waals surface area contributed by atoms with Crippen molar-refractivity contribution < 1.29 is 14.2 Å². The Morgan fingerprint density at radius 3 is 2.70 bits per heavy atom. The van der Waals surface area contributed by atoms with Gasteiger partial charge >= 0.3 is 0 Å². The quantitative estimate of drug-likeness (QED) is 0.433. The van der Waals surface area contributed by atoms with Crippen LogP contribution in [0.4, 0.5) is 0 Å². The van der Waals surface area contributed by atoms with E-state index in [4.69, 9.17) is 26.4 Å². The number of hydrogen-bond acceptors (Lipinski definition) is 6. The highest BCUT2D eigenvalue weighted by atomic mass is 79.9. The first kappa shape index (κ1) is 19.1. The second kappa shape index (κ2) is 8.83. The minimum atomic E-state index is 0.226. The van der Waals surface area contributed by atoms with Gasteiger partial charge in [-0.1, -0.05) is 18.2 Å². The number of para-hydroxylation sites is 1. The number of halogens is 1. The van der Waals surface area contributed by atoms with Gasteiger partial charge in [-0.05, 0) is 58.0 Å². The lowest BCUT2D eigenvalue weighted by atomic mass is 10.2. The Kier molecular flexibility index (Phi) is 6.25. The number of aromatic nitrogens is 3. The first-order valence-electron chi connectivity index (χ1n) is 7.92. The highest BCUT2D eigenvalue weighted by molar-refractivity contribution is 9.10. The lowest BCUT2D eigenvalue weighted by Crippen LogP contribution is -2.04. The minimum Gasteiger partial charge on any atom is -0.493 e. The molecule has 0 aliphatic rings. The Balaban J connectivity index is 1.82. The molecule has 1 heterocycles. The van der Waals surface area contributed by atoms with Gasteiger partial charge in [-0.25, -0.2) is 5.10 Å². The van der Waals surface area contributed by atoms with E-state index in [0.29, 0.717) is 22.1 Å². The van der Waals surface area contributed by atoms with Gasteiger partial charge in [0.2, 0.25) is 4.77 Å². The van der Waals surface area contributed by atoms with Gasteiger partial charge in [-0.3, -0.25) is 0 Å². The summed E-state index contributed by atoms with van der Waals surface area (Å²) in [5.74, 6) is 2.51. The summed E-state index contributed by atoms with van der Waals surface area (Å²) in [5.41, 5.74) is 0.803. The van der Waals surface area contributed by atoms with Crippen molar-refractivity contribution in [3.8, 4) is 17.2 Å². The molecule has 9 heteroatoms. The second-order valence-corrected chi connectivity index (χ2v) is 6.58. The number of methoxy groups -OCH3 is 2. The SMILES string of the molecule is COc1cc(/C=N\n2c(COc3ccccc3)n[nH]c2=S)cc(Br)c1OC. The number of rotatable bonds is 7. The monoisotopic (exact) mass is 448 g/mol. The van der Waals surface area contributed by atoms with Gasteiger partial charge in [0.1, 0.15) is 12.4 Å². The maximum Gasteiger partial charge on any atom is 0.216 e. The number of ether oxygens (including phenoxy) is 3. The molecule has 0 spiro atoms. The molecule has 140 valence electrons. The van der Waals surface area contributed by atoms with Crippen molar-refractivity contribution in [2.75, 3.05) is 14.2 Å². The van der Waals surface area contributed by atoms with E-state index in [2.05, 4.69) is 31.2 Å². The molecule has 0 aliphatic carbocycles. The fourth-order valence-corrected chi connectivity index (χ4v) is 3.16. The molecule has 2 aromatic carbocycles. The lowest BCUT2D eigenvalue weighted by Gasteiger charge is -2.10. The van der Waals surface area contributed by atoms with Crippen molar-refractivity contribution in [2.24, 2.45) is 5.10 Å². The van der Waals surface area contributed by atoms with Crippen LogP contribution in [0.2, 0.25) is 0 Å². The van der Waals surface area contributed by atoms with E-state index in [1.807, 2.05) is 42.5 Å². The molecule has 0 fully saturated rings. The summed E-state index contributed by atoms with van der Waals surface area (Å²) in [7, 11) is 3.16. The van der Waals surface area contributed by atoms with Crippen molar-refractivity contribution in [2.45, 2.75) is 6.61 Å². The third-order valence-electron chi connectivity index (χ3n) is 3.61. The normalized spacial score (nSPS) is 10.9. The van der Waals surface area contributed by atoms with Crippen LogP contribution in [0.3, 0.4) is 0 Å². The van der Waals surface area contributed by atoms with E-state index < -0.39 is 0 Å². The van der Waals surface area contributed by atoms with E-state index in [1.165, 1.54) is 4.68 Å². The summed E-state index contributed by atoms with van der Waals surface area (Å²) in [4.78, 5) is 0. The average Bonchev–Trinajstić information content (AvgIpc) is 3.04. The number of benzene rings is 2. The van der Waals surface area contributed by atoms with Crippen molar-refractivity contribution in [1.82, 2.24) is 14.9 Å². The van der Waals surface area contributed by atoms with Gasteiger partial charge < -0.3 is 14.2 Å². The zero-order chi connectivity index (χ0) is 19.2. The lowest BCUT2D eigenvalue weighted by molar-refractivity contribution is 0.290. The summed E-state index contributed by atoms with van der Waals surface area (Å²) < 4.78 is 19.0. The van der Waals surface area contributed by atoms with Gasteiger partial charge in [-0.2, -0.15) is 14.9 Å². The molecule has 0 aliphatic heterocycles. The van der Waals surface area contributed by atoms with Crippen molar-refractivity contribution >= 4 is 34.4 Å². The summed E-state index contributed by atoms with van der Waals surface area (Å²) in [5, 5.41) is 11.3. The molecule has 0 saturated carbocycles. The number of H-pyrrole nitrogens is 1. The number of aromatic amines is 1. The molecular formula is C18H17BrN4O3S. The molecule has 0 amide bonds. The standard InChI is InChI=1S/C18H17BrN4O3S/c1-24-15-9-12(8-14(19)17(15)25-2)10-20-23-16(21-22-18(23)27)11-26-13-6-4-3-5-7-13/h3-10H,11H2,1-2H3,(H,22,27)/b20-10-. The highest BCUT2D eigenvalue weighted by Gasteiger charge is 2.10. The van der Waals surface area contributed by atoms with E-state index in [9.17, 15) is 0 Å². The minimum absolute atomic E-state index is 0.226. The summed E-state index contributed by atoms with van der Waals surface area (Å²) >= 11 is 8.72. The molecule has 0 atom stereocenters. The molecule has 3 aromatic rings. The number of hydrogen-bond donors (Lipinski definition) is 1. The fourth-order valence-electron chi connectivity index (χ4n) is 2.34. The molecule has 0 saturated heterocycles. The maximum absolute atomic E-state index is 5.72. The first-order chi connectivity index (χ1) is 13.1. The maximum atomic E-state index is 5.72. The summed E-state index contributed by atoms with van der Waals surface area (Å²) in [6, 6.07) is 13.2. The Morgan fingerprint density at radius 1 is 1.22 bits per heavy atom. The van der Waals surface area contributed by atoms with Crippen LogP contribution in [0.25, 0.3) is 0 Å². The van der Waals surface area contributed by atoms with Crippen LogP contribution in [-0.4, -0.2) is 35.3 Å². The largest absolute Gasteiger partial charge is 0.493 e. The van der Waals surface area contributed by atoms with Crippen molar-refractivity contribution in [3.63, 3.8) is 0 Å². The molecule has 27 heavy (non-hydrogen) atoms. The molecule has 0 radical (unpaired) electrons. The first-order valence-corrected chi connectivity index (χ1v) is 9.12. The third kappa shape index (κ3) is 4.55. The average molecular weight is 449 g/mol. The van der Waals surface area contributed by atoms with Crippen LogP contribution in [0.5, 0.6) is 17.2 Å². The molecule has 0 unspecified atom stereocenters. The van der Waals surface area contributed by atoms with Gasteiger partial charge in [0.25, 0.3) is 0 Å². The molecule has 3 rings (SSSR count). The zero-order valence-corrected chi connectivity index (χ0v) is 17.1. The van der Waals surface area contributed by atoms with Gasteiger partial charge in [0.05, 0.1) is 24.9 Å². The summed E-state index contributed by atoms with van der Waals surface area (Å²) in [6.07, 6.45) is 1.66. The molecule has 1 N–H and O–H groups in total. The fraction of sp³-hybridized carbons (Fsp3) is 0.167. The Labute approximate surface area is 169 Å². The number of nitrogens with zero attached hydrogens (tertiary/aromatic N) is 3. The van der Waals surface area contributed by atoms with E-state index in [-0.39, 0.29) is 6.61 Å². The van der Waals surface area contributed by atoms with Crippen LogP contribution in [0, 0.1) is 4.77 Å². The van der Waals surface area contributed by atoms with Crippen LogP contribution < -0.4 is 14.2 Å². The third-order valence-corrected chi connectivity index (χ3v) is 4.46. The molecule has 1 aromatic heterocycles. The predicted molar refractivity (Wildman–Crippen MR) is 108 cm³/mol. The topological polar surface area (TPSA) is 73.7 Å². The highest BCUT2D eigenvalue weighted by Crippen LogP contribution is 2.35. The van der Waals surface area contributed by atoms with Crippen LogP contribution in [0.15, 0.2) is 52.0 Å². The Hall–Kier alpha value is -2.65. The summed E-state index contributed by atoms with van der Waals surface area (Å²) in [6.45, 7) is 0.226. The van der Waals surface area contributed by atoms with Crippen molar-refractivity contribution in [1.29, 1.82) is 0 Å². The smallest absolute Gasteiger partial charge is 0.216 e. The van der Waals surface area contributed by atoms with Gasteiger partial charge in [0, 0.05) is 0 Å². The van der Waals surface area contributed by atoms with Gasteiger partial charge in [0.15, 0.2) is 17.3 Å². The van der Waals surface area contributed by atoms with E-state index in [1.54, 1.807) is 20.4 Å². The molecular weight excluding hydrogens is 432 g/mol. The van der Waals surface area contributed by atoms with Crippen LogP contribution in [-0.2, 0) is 6.61 Å². The van der Waals surface area contributed by atoms with Crippen molar-refractivity contribution in [3.05, 3.63) is 63.1 Å².